The Morgan fingerprint density at radius 3 is 2.53 bits per heavy atom. The van der Waals surface area contributed by atoms with Crippen LogP contribution in [0.3, 0.4) is 0 Å². The summed E-state index contributed by atoms with van der Waals surface area (Å²) in [4.78, 5) is 65.0. The van der Waals surface area contributed by atoms with Crippen LogP contribution in [0.2, 0.25) is 0 Å². The third-order valence-corrected chi connectivity index (χ3v) is 15.6. The Morgan fingerprint density at radius 2 is 1.85 bits per heavy atom. The first-order valence-corrected chi connectivity index (χ1v) is 22.9. The summed E-state index contributed by atoms with van der Waals surface area (Å²) in [7, 11) is -2.49. The highest BCUT2D eigenvalue weighted by atomic mass is 32.2. The average molecular weight is 891 g/mol. The molecule has 1 aromatic heterocycles. The van der Waals surface area contributed by atoms with Crippen LogP contribution in [-0.2, 0) is 29.1 Å². The van der Waals surface area contributed by atoms with Crippen LogP contribution in [-0.4, -0.2) is 116 Å². The van der Waals surface area contributed by atoms with Crippen LogP contribution in [0.4, 0.5) is 23.7 Å². The number of alkyl halides is 3. The second-order valence-electron chi connectivity index (χ2n) is 18.3. The molecule has 1 saturated heterocycles. The number of carbonyl (C=O) groups excluding carboxylic acids is 4. The van der Waals surface area contributed by atoms with Gasteiger partial charge in [-0.3, -0.25) is 19.1 Å². The molecule has 3 aliphatic heterocycles. The van der Waals surface area contributed by atoms with Crippen LogP contribution in [0.1, 0.15) is 86.0 Å². The molecule has 340 valence electrons. The minimum atomic E-state index is -4.45. The van der Waals surface area contributed by atoms with E-state index in [1.807, 2.05) is 39.1 Å². The summed E-state index contributed by atoms with van der Waals surface area (Å²) in [5.41, 5.74) is -3.09. The van der Waals surface area contributed by atoms with Gasteiger partial charge in [0.25, 0.3) is 11.8 Å². The number of nitrogens with zero attached hydrogens (tertiary/aromatic N) is 3. The van der Waals surface area contributed by atoms with Gasteiger partial charge in [-0.15, -0.1) is 0 Å². The van der Waals surface area contributed by atoms with Crippen molar-refractivity contribution in [3.8, 4) is 11.6 Å². The molecule has 7 atom stereocenters. The number of nitrogens with one attached hydrogen (secondary N) is 3. The third kappa shape index (κ3) is 8.61. The highest BCUT2D eigenvalue weighted by molar-refractivity contribution is 7.91. The van der Waals surface area contributed by atoms with Gasteiger partial charge in [0.05, 0.1) is 18.8 Å². The number of aromatic nitrogens is 1. The molecule has 2 aromatic rings. The number of hydrogen-bond acceptors (Lipinski definition) is 11. The van der Waals surface area contributed by atoms with Crippen LogP contribution in [0.5, 0.6) is 11.6 Å². The van der Waals surface area contributed by atoms with Gasteiger partial charge in [0.2, 0.25) is 27.7 Å². The zero-order valence-electron chi connectivity index (χ0n) is 36.0. The fourth-order valence-electron chi connectivity index (χ4n) is 8.75. The van der Waals surface area contributed by atoms with Gasteiger partial charge in [-0.2, -0.15) is 0 Å². The Morgan fingerprint density at radius 1 is 1.11 bits per heavy atom. The molecule has 3 N–H and O–H groups in total. The average Bonchev–Trinajstić information content (AvgIpc) is 4.11. The highest BCUT2D eigenvalue weighted by Gasteiger charge is 2.64. The zero-order chi connectivity index (χ0) is 45.0. The molecule has 7 rings (SSSR count). The Balaban J connectivity index is 1.24. The van der Waals surface area contributed by atoms with Crippen LogP contribution >= 0.6 is 0 Å². The number of pyridine rings is 1. The first-order chi connectivity index (χ1) is 29.2. The van der Waals surface area contributed by atoms with E-state index in [1.54, 1.807) is 18.3 Å². The maximum absolute atomic E-state index is 15.1. The molecule has 2 saturated carbocycles. The summed E-state index contributed by atoms with van der Waals surface area (Å²) >= 11 is 0. The maximum atomic E-state index is 15.1. The standard InChI is InChI=1S/C43H57F3N6O9S/c1-7-26-20-25(2)10-8-9-11-27-22-43(27,38(55)50-62(57,58)42(24-44)15-16-42)49-35(53)32-21-28(23-52(32)37(54)33(26)48-39(56)61-40(3,4)41(5,45)46)60-36-30-12-13-31-34(29(30)14-17-47-36)59-19-18-51(31)6/h9,11-14,17,25-28,32-33H,7-8,10,15-16,18-24H2,1-6H3,(H,48,56)(H,49,53)(H,50,55). The molecule has 3 fully saturated rings. The molecule has 19 heteroatoms. The predicted octanol–water partition coefficient (Wildman–Crippen LogP) is 5.17. The Labute approximate surface area is 359 Å². The monoisotopic (exact) mass is 890 g/mol. The van der Waals surface area contributed by atoms with Crippen molar-refractivity contribution in [1.29, 1.82) is 0 Å². The number of carbonyl (C=O) groups is 4. The van der Waals surface area contributed by atoms with E-state index < -0.39 is 92.3 Å². The lowest BCUT2D eigenvalue weighted by Gasteiger charge is -2.35. The largest absolute Gasteiger partial charge is 0.489 e. The minimum Gasteiger partial charge on any atom is -0.489 e. The number of allylic oxidation sites excluding steroid dienone is 1. The lowest BCUT2D eigenvalue weighted by atomic mass is 9.85. The van der Waals surface area contributed by atoms with Crippen LogP contribution in [0.15, 0.2) is 36.5 Å². The van der Waals surface area contributed by atoms with E-state index in [2.05, 4.69) is 25.2 Å². The Bertz CT molecular complexity index is 2230. The molecule has 0 spiro atoms. The number of anilines is 1. The number of benzene rings is 1. The SMILES string of the molecule is CCC1CC(C)CCC=CC2CC2(C(=O)NS(=O)(=O)C2(CF)CC2)NC(=O)C2CC(Oc3nccc4c5c(ccc34)N(C)CCO5)CN2C(=O)C1NC(=O)OC(C)(C)C(C)(F)F. The van der Waals surface area contributed by atoms with Gasteiger partial charge >= 0.3 is 6.09 Å². The molecule has 2 aliphatic carbocycles. The normalized spacial score (nSPS) is 28.9. The molecule has 0 radical (unpaired) electrons. The molecule has 5 aliphatic rings. The second-order valence-corrected chi connectivity index (χ2v) is 20.4. The van der Waals surface area contributed by atoms with E-state index in [4.69, 9.17) is 14.2 Å². The number of rotatable bonds is 10. The molecule has 0 bridgehead atoms. The Kier molecular flexibility index (Phi) is 12.2. The van der Waals surface area contributed by atoms with Crippen LogP contribution in [0, 0.1) is 17.8 Å². The summed E-state index contributed by atoms with van der Waals surface area (Å²) < 4.78 is 87.6. The highest BCUT2D eigenvalue weighted by Crippen LogP contribution is 2.48. The van der Waals surface area contributed by atoms with E-state index in [0.717, 1.165) is 24.9 Å². The summed E-state index contributed by atoms with van der Waals surface area (Å²) in [6.45, 7) is 6.38. The van der Waals surface area contributed by atoms with E-state index in [9.17, 15) is 36.0 Å². The molecule has 62 heavy (non-hydrogen) atoms. The lowest BCUT2D eigenvalue weighted by Crippen LogP contribution is -2.60. The zero-order valence-corrected chi connectivity index (χ0v) is 36.8. The number of ether oxygens (including phenoxy) is 3. The first kappa shape index (κ1) is 45.2. The van der Waals surface area contributed by atoms with Crippen molar-refractivity contribution in [2.24, 2.45) is 17.8 Å². The number of sulfonamides is 1. The number of likely N-dealkylation sites (N-methyl/N-ethyl adjacent to an activating group) is 1. The fraction of sp³-hybridized carbons (Fsp3) is 0.651. The van der Waals surface area contributed by atoms with Crippen molar-refractivity contribution >= 4 is 50.3 Å². The quantitative estimate of drug-likeness (QED) is 0.268. The van der Waals surface area contributed by atoms with Crippen molar-refractivity contribution < 1.29 is 55.0 Å². The molecule has 4 heterocycles. The molecule has 4 amide bonds. The summed E-state index contributed by atoms with van der Waals surface area (Å²) in [5.74, 6) is -6.23. The van der Waals surface area contributed by atoms with Crippen LogP contribution in [0.25, 0.3) is 10.8 Å². The summed E-state index contributed by atoms with van der Waals surface area (Å²) in [5, 5.41) is 6.73. The molecule has 15 nitrogen and oxygen atoms in total. The fourth-order valence-corrected chi connectivity index (χ4v) is 10.2. The van der Waals surface area contributed by atoms with Gasteiger partial charge in [0, 0.05) is 43.3 Å². The van der Waals surface area contributed by atoms with Gasteiger partial charge in [-0.05, 0) is 82.4 Å². The van der Waals surface area contributed by atoms with Gasteiger partial charge in [0.1, 0.15) is 41.8 Å². The molecular formula is C43H57F3N6O9S. The maximum Gasteiger partial charge on any atom is 0.408 e. The number of alkyl carbamates (subject to hydrolysis) is 1. The predicted molar refractivity (Wildman–Crippen MR) is 223 cm³/mol. The van der Waals surface area contributed by atoms with Gasteiger partial charge in [-0.1, -0.05) is 32.4 Å². The first-order valence-electron chi connectivity index (χ1n) is 21.4. The van der Waals surface area contributed by atoms with Crippen molar-refractivity contribution in [2.45, 2.75) is 126 Å². The van der Waals surface area contributed by atoms with Gasteiger partial charge < -0.3 is 34.6 Å². The van der Waals surface area contributed by atoms with Crippen LogP contribution < -0.4 is 29.7 Å². The van der Waals surface area contributed by atoms with E-state index in [1.165, 1.54) is 4.90 Å². The molecular weight excluding hydrogens is 834 g/mol. The Hall–Kier alpha value is -4.81. The van der Waals surface area contributed by atoms with Gasteiger partial charge in [0.15, 0.2) is 11.4 Å². The smallest absolute Gasteiger partial charge is 0.408 e. The van der Waals surface area contributed by atoms with Crippen molar-refractivity contribution in [3.05, 3.63) is 36.5 Å². The van der Waals surface area contributed by atoms with Crippen molar-refractivity contribution in [2.75, 3.05) is 38.3 Å². The number of fused-ring (bicyclic) bond motifs is 5. The van der Waals surface area contributed by atoms with E-state index in [0.29, 0.717) is 56.9 Å². The lowest BCUT2D eigenvalue weighted by molar-refractivity contribution is -0.152. The second kappa shape index (κ2) is 16.7. The van der Waals surface area contributed by atoms with E-state index in [-0.39, 0.29) is 44.0 Å². The van der Waals surface area contributed by atoms with E-state index >= 15 is 4.79 Å². The number of amides is 4. The minimum absolute atomic E-state index is 0.00994. The van der Waals surface area contributed by atoms with Gasteiger partial charge in [-0.25, -0.2) is 31.4 Å². The summed E-state index contributed by atoms with van der Waals surface area (Å²) in [6, 6.07) is 2.88. The third-order valence-electron chi connectivity index (χ3n) is 13.5. The molecule has 7 unspecified atom stereocenters. The van der Waals surface area contributed by atoms with Crippen molar-refractivity contribution in [3.63, 3.8) is 0 Å². The number of hydrogen-bond donors (Lipinski definition) is 3. The van der Waals surface area contributed by atoms with Crippen molar-refractivity contribution in [1.82, 2.24) is 25.2 Å². The topological polar surface area (TPSA) is 186 Å². The molecule has 1 aromatic carbocycles. The summed E-state index contributed by atoms with van der Waals surface area (Å²) in [6.07, 6.45) is 5.09. The number of halogens is 3.